The zero-order valence-electron chi connectivity index (χ0n) is 15.2. The van der Waals surface area contributed by atoms with Gasteiger partial charge in [0.05, 0.1) is 12.1 Å². The van der Waals surface area contributed by atoms with Gasteiger partial charge in [0.2, 0.25) is 0 Å². The van der Waals surface area contributed by atoms with E-state index in [4.69, 9.17) is 0 Å². The van der Waals surface area contributed by atoms with E-state index in [-0.39, 0.29) is 11.8 Å². The number of allylic oxidation sites excluding steroid dienone is 2. The Hall–Kier alpha value is -1.70. The predicted molar refractivity (Wildman–Crippen MR) is 109 cm³/mol. The third-order valence-corrected chi connectivity index (χ3v) is 7.97. The number of nitrogens with one attached hydrogen (secondary N) is 1. The van der Waals surface area contributed by atoms with E-state index in [2.05, 4.69) is 5.32 Å². The van der Waals surface area contributed by atoms with E-state index in [9.17, 15) is 14.7 Å². The van der Waals surface area contributed by atoms with Crippen LogP contribution in [0.15, 0.2) is 54.1 Å². The number of benzene rings is 1. The molecule has 0 radical (unpaired) electrons. The molecule has 2 amide bonds. The number of amides is 2. The van der Waals surface area contributed by atoms with Crippen molar-refractivity contribution in [1.82, 2.24) is 10.2 Å². The maximum Gasteiger partial charge on any atom is 0.261 e. The third kappa shape index (κ3) is 2.67. The smallest absolute Gasteiger partial charge is 0.261 e. The molecular weight excluding hydrogens is 380 g/mol. The van der Waals surface area contributed by atoms with Crippen LogP contribution in [-0.2, 0) is 16.0 Å². The van der Waals surface area contributed by atoms with E-state index in [0.717, 1.165) is 11.1 Å². The largest absolute Gasteiger partial charge is 0.387 e. The van der Waals surface area contributed by atoms with Crippen molar-refractivity contribution in [1.29, 1.82) is 0 Å². The highest BCUT2D eigenvalue weighted by molar-refractivity contribution is 8.01. The lowest BCUT2D eigenvalue weighted by atomic mass is 9.96. The van der Waals surface area contributed by atoms with E-state index in [1.807, 2.05) is 48.9 Å². The van der Waals surface area contributed by atoms with Crippen molar-refractivity contribution in [2.45, 2.75) is 34.7 Å². The fraction of sp³-hybridized carbons (Fsp3) is 0.400. The van der Waals surface area contributed by atoms with E-state index in [1.54, 1.807) is 17.1 Å². The van der Waals surface area contributed by atoms with Crippen molar-refractivity contribution in [3.63, 3.8) is 0 Å². The summed E-state index contributed by atoms with van der Waals surface area (Å²) >= 11 is 2.71. The first kappa shape index (κ1) is 18.7. The van der Waals surface area contributed by atoms with Gasteiger partial charge in [-0.25, -0.2) is 0 Å². The molecule has 0 saturated carbocycles. The van der Waals surface area contributed by atoms with Crippen LogP contribution in [0.25, 0.3) is 0 Å². The number of thioether (sulfide) groups is 2. The number of carbonyl (C=O) groups is 2. The maximum atomic E-state index is 13.8. The van der Waals surface area contributed by atoms with Gasteiger partial charge in [-0.3, -0.25) is 9.59 Å². The lowest BCUT2D eigenvalue weighted by molar-refractivity contribution is -0.153. The molecule has 2 N–H and O–H groups in total. The predicted octanol–water partition coefficient (Wildman–Crippen LogP) is 1.94. The van der Waals surface area contributed by atoms with Crippen LogP contribution in [-0.4, -0.2) is 56.2 Å². The molecule has 2 saturated heterocycles. The van der Waals surface area contributed by atoms with E-state index in [0.29, 0.717) is 12.8 Å². The van der Waals surface area contributed by atoms with Crippen LogP contribution in [0.2, 0.25) is 0 Å². The van der Waals surface area contributed by atoms with Crippen LogP contribution in [0.1, 0.15) is 12.0 Å². The molecule has 2 aliphatic heterocycles. The monoisotopic (exact) mass is 402 g/mol. The molecule has 0 bridgehead atoms. The molecule has 3 aliphatic rings. The molecule has 4 atom stereocenters. The first-order valence-electron chi connectivity index (χ1n) is 8.83. The molecular formula is C20H22N2O3S2. The molecule has 1 aliphatic carbocycles. The zero-order chi connectivity index (χ0) is 19.2. The van der Waals surface area contributed by atoms with Gasteiger partial charge in [-0.2, -0.15) is 0 Å². The number of hydrogen-bond acceptors (Lipinski definition) is 5. The SMILES string of the molecule is CSC1(Cc2ccccc2)NC(=O)C2(SC)CC3=CC=CC(O)C3N2C1=O. The van der Waals surface area contributed by atoms with Crippen molar-refractivity contribution < 1.29 is 14.7 Å². The lowest BCUT2D eigenvalue weighted by Crippen LogP contribution is -2.74. The zero-order valence-corrected chi connectivity index (χ0v) is 16.8. The minimum atomic E-state index is -1.08. The summed E-state index contributed by atoms with van der Waals surface area (Å²) in [4.78, 5) is 26.7. The number of aliphatic hydroxyl groups is 1. The normalized spacial score (nSPS) is 34.8. The Morgan fingerprint density at radius 2 is 1.96 bits per heavy atom. The van der Waals surface area contributed by atoms with Gasteiger partial charge in [0.1, 0.15) is 0 Å². The Labute approximate surface area is 167 Å². The topological polar surface area (TPSA) is 69.6 Å². The van der Waals surface area contributed by atoms with Crippen molar-refractivity contribution in [2.24, 2.45) is 0 Å². The summed E-state index contributed by atoms with van der Waals surface area (Å²) in [5.41, 5.74) is 1.91. The molecule has 7 heteroatoms. The Kier molecular flexibility index (Phi) is 4.64. The van der Waals surface area contributed by atoms with Gasteiger partial charge in [-0.15, -0.1) is 23.5 Å². The quantitative estimate of drug-likeness (QED) is 0.806. The Morgan fingerprint density at radius 1 is 1.22 bits per heavy atom. The van der Waals surface area contributed by atoms with Gasteiger partial charge in [-0.05, 0) is 23.6 Å². The van der Waals surface area contributed by atoms with Crippen molar-refractivity contribution in [3.05, 3.63) is 59.7 Å². The van der Waals surface area contributed by atoms with Gasteiger partial charge < -0.3 is 15.3 Å². The Bertz CT molecular complexity index is 841. The van der Waals surface area contributed by atoms with Gasteiger partial charge in [0.25, 0.3) is 11.8 Å². The summed E-state index contributed by atoms with van der Waals surface area (Å²) in [6.45, 7) is 0. The molecule has 1 aromatic carbocycles. The molecule has 1 aromatic rings. The number of carbonyl (C=O) groups excluding carboxylic acids is 2. The maximum absolute atomic E-state index is 13.8. The van der Waals surface area contributed by atoms with Crippen LogP contribution >= 0.6 is 23.5 Å². The van der Waals surface area contributed by atoms with Gasteiger partial charge in [-0.1, -0.05) is 48.6 Å². The van der Waals surface area contributed by atoms with Gasteiger partial charge in [0.15, 0.2) is 9.74 Å². The van der Waals surface area contributed by atoms with Gasteiger partial charge >= 0.3 is 0 Å². The van der Waals surface area contributed by atoms with Crippen LogP contribution < -0.4 is 5.32 Å². The van der Waals surface area contributed by atoms with Crippen LogP contribution in [0, 0.1) is 0 Å². The summed E-state index contributed by atoms with van der Waals surface area (Å²) in [7, 11) is 0. The summed E-state index contributed by atoms with van der Waals surface area (Å²) in [5, 5.41) is 13.6. The second kappa shape index (κ2) is 6.72. The van der Waals surface area contributed by atoms with E-state index < -0.39 is 21.9 Å². The Balaban J connectivity index is 1.79. The van der Waals surface area contributed by atoms with Crippen molar-refractivity contribution in [2.75, 3.05) is 12.5 Å². The fourth-order valence-corrected chi connectivity index (χ4v) is 5.99. The summed E-state index contributed by atoms with van der Waals surface area (Å²) < 4.78 is 0. The van der Waals surface area contributed by atoms with Crippen LogP contribution in [0.3, 0.4) is 0 Å². The van der Waals surface area contributed by atoms with E-state index in [1.165, 1.54) is 23.5 Å². The standard InChI is InChI=1S/C20H22N2O3S2/c1-26-19(11-13-7-4-3-5-8-13)18(25)22-16-14(9-6-10-15(16)23)12-20(22,27-2)17(24)21-19/h3-10,15-16,23H,11-12H2,1-2H3,(H,21,24). The summed E-state index contributed by atoms with van der Waals surface area (Å²) in [6.07, 6.45) is 9.14. The second-order valence-electron chi connectivity index (χ2n) is 7.05. The number of piperazine rings is 1. The average molecular weight is 403 g/mol. The Morgan fingerprint density at radius 3 is 2.63 bits per heavy atom. The molecule has 4 unspecified atom stereocenters. The van der Waals surface area contributed by atoms with Crippen molar-refractivity contribution >= 4 is 35.3 Å². The molecule has 27 heavy (non-hydrogen) atoms. The highest BCUT2D eigenvalue weighted by atomic mass is 32.2. The highest BCUT2D eigenvalue weighted by Gasteiger charge is 2.65. The number of aliphatic hydroxyl groups excluding tert-OH is 1. The van der Waals surface area contributed by atoms with Gasteiger partial charge in [0, 0.05) is 12.8 Å². The highest BCUT2D eigenvalue weighted by Crippen LogP contribution is 2.51. The first-order valence-corrected chi connectivity index (χ1v) is 11.3. The molecule has 142 valence electrons. The summed E-state index contributed by atoms with van der Waals surface area (Å²) in [6, 6.07) is 9.22. The number of nitrogens with zero attached hydrogens (tertiary/aromatic N) is 1. The second-order valence-corrected chi connectivity index (χ2v) is 9.24. The van der Waals surface area contributed by atoms with Crippen LogP contribution in [0.5, 0.6) is 0 Å². The number of rotatable bonds is 4. The average Bonchev–Trinajstić information content (AvgIpc) is 3.04. The minimum Gasteiger partial charge on any atom is -0.387 e. The molecule has 2 fully saturated rings. The van der Waals surface area contributed by atoms with Crippen molar-refractivity contribution in [3.8, 4) is 0 Å². The van der Waals surface area contributed by atoms with Crippen LogP contribution in [0.4, 0.5) is 0 Å². The molecule has 2 heterocycles. The molecule has 0 spiro atoms. The lowest BCUT2D eigenvalue weighted by Gasteiger charge is -2.50. The molecule has 5 nitrogen and oxygen atoms in total. The summed E-state index contributed by atoms with van der Waals surface area (Å²) in [5.74, 6) is -0.307. The minimum absolute atomic E-state index is 0.143. The molecule has 0 aromatic heterocycles. The van der Waals surface area contributed by atoms with E-state index >= 15 is 0 Å². The molecule has 4 rings (SSSR count). The number of hydrogen-bond donors (Lipinski definition) is 2. The fourth-order valence-electron chi connectivity index (χ4n) is 4.27. The first-order chi connectivity index (χ1) is 13.0. The third-order valence-electron chi connectivity index (χ3n) is 5.65. The number of fused-ring (bicyclic) bond motifs is 3.